The molecule has 0 radical (unpaired) electrons. The third-order valence-electron chi connectivity index (χ3n) is 9.74. The number of allylic oxidation sites excluding steroid dienone is 1. The Morgan fingerprint density at radius 3 is 2.51 bits per heavy atom. The topological polar surface area (TPSA) is 69.7 Å². The number of rotatable bonds is 14. The third-order valence-corrected chi connectivity index (χ3v) is 9.74. The fourth-order valence-corrected chi connectivity index (χ4v) is 7.02. The van der Waals surface area contributed by atoms with E-state index in [2.05, 4.69) is 31.9 Å². The Kier molecular flexibility index (Phi) is 11.6. The molecule has 0 amide bonds. The Labute approximate surface area is 269 Å². The van der Waals surface area contributed by atoms with Crippen LogP contribution in [-0.2, 0) is 0 Å². The zero-order valence-corrected chi connectivity index (χ0v) is 28.2. The largest absolute Gasteiger partial charge is 0.493 e. The average molecular weight is 616 g/mol. The van der Waals surface area contributed by atoms with Crippen molar-refractivity contribution in [1.82, 2.24) is 14.5 Å². The number of likely N-dealkylation sites (tertiary alicyclic amines) is 1. The maximum absolute atomic E-state index is 14.5. The van der Waals surface area contributed by atoms with E-state index in [1.165, 1.54) is 44.9 Å². The van der Waals surface area contributed by atoms with Crippen LogP contribution in [0, 0.1) is 19.8 Å². The second-order valence-electron chi connectivity index (χ2n) is 13.2. The highest BCUT2D eigenvalue weighted by Gasteiger charge is 2.27. The molecule has 1 aromatic carbocycles. The molecule has 2 aliphatic rings. The SMILES string of the molecule is CCC/C=C(\c1ccc(C)o1)c1c(-c2cc(OC)c(OCCCCCC3CCCC3)cc2C)ncn(C2CCN(C)CC2)c1=O. The Morgan fingerprint density at radius 2 is 1.82 bits per heavy atom. The molecular formula is C38H53N3O4. The van der Waals surface area contributed by atoms with Crippen LogP contribution < -0.4 is 15.0 Å². The van der Waals surface area contributed by atoms with Crippen LogP contribution in [0.1, 0.15) is 113 Å². The molecule has 244 valence electrons. The summed E-state index contributed by atoms with van der Waals surface area (Å²) in [4.78, 5) is 21.9. The van der Waals surface area contributed by atoms with Gasteiger partial charge >= 0.3 is 0 Å². The van der Waals surface area contributed by atoms with Gasteiger partial charge < -0.3 is 18.8 Å². The normalized spacial score (nSPS) is 16.9. The summed E-state index contributed by atoms with van der Waals surface area (Å²) < 4.78 is 20.1. The van der Waals surface area contributed by atoms with Crippen molar-refractivity contribution in [3.05, 3.63) is 69.7 Å². The van der Waals surface area contributed by atoms with Gasteiger partial charge in [-0.3, -0.25) is 9.36 Å². The fourth-order valence-electron chi connectivity index (χ4n) is 7.02. The first-order chi connectivity index (χ1) is 21.9. The summed E-state index contributed by atoms with van der Waals surface area (Å²) in [6.07, 6.45) is 18.0. The van der Waals surface area contributed by atoms with Gasteiger partial charge in [0.1, 0.15) is 11.5 Å². The number of aryl methyl sites for hydroxylation is 2. The Bertz CT molecular complexity index is 1490. The van der Waals surface area contributed by atoms with Crippen molar-refractivity contribution in [2.75, 3.05) is 33.9 Å². The lowest BCUT2D eigenvalue weighted by atomic mass is 9.94. The molecular weight excluding hydrogens is 562 g/mol. The van der Waals surface area contributed by atoms with Crippen LogP contribution in [0.25, 0.3) is 16.8 Å². The van der Waals surface area contributed by atoms with Crippen LogP contribution in [-0.4, -0.2) is 48.3 Å². The highest BCUT2D eigenvalue weighted by atomic mass is 16.5. The minimum Gasteiger partial charge on any atom is -0.493 e. The number of nitrogens with zero attached hydrogens (tertiary/aromatic N) is 3. The van der Waals surface area contributed by atoms with Gasteiger partial charge in [0.25, 0.3) is 5.56 Å². The van der Waals surface area contributed by atoms with Crippen molar-refractivity contribution in [3.8, 4) is 22.8 Å². The van der Waals surface area contributed by atoms with Crippen molar-refractivity contribution in [2.24, 2.45) is 5.92 Å². The molecule has 1 aliphatic heterocycles. The molecule has 3 heterocycles. The van der Waals surface area contributed by atoms with Gasteiger partial charge in [0.05, 0.1) is 31.3 Å². The van der Waals surface area contributed by atoms with Crippen molar-refractivity contribution >= 4 is 5.57 Å². The number of piperidine rings is 1. The molecule has 1 saturated carbocycles. The van der Waals surface area contributed by atoms with Gasteiger partial charge in [0.2, 0.25) is 0 Å². The van der Waals surface area contributed by atoms with E-state index in [-0.39, 0.29) is 11.6 Å². The number of aromatic nitrogens is 2. The lowest BCUT2D eigenvalue weighted by molar-refractivity contribution is 0.218. The van der Waals surface area contributed by atoms with Crippen molar-refractivity contribution in [2.45, 2.75) is 104 Å². The summed E-state index contributed by atoms with van der Waals surface area (Å²) in [6.45, 7) is 8.73. The number of hydrogen-bond acceptors (Lipinski definition) is 6. The summed E-state index contributed by atoms with van der Waals surface area (Å²) in [7, 11) is 3.81. The summed E-state index contributed by atoms with van der Waals surface area (Å²) in [5.74, 6) is 3.84. The minimum absolute atomic E-state index is 0.0257. The Morgan fingerprint density at radius 1 is 1.04 bits per heavy atom. The number of hydrogen-bond donors (Lipinski definition) is 0. The highest BCUT2D eigenvalue weighted by molar-refractivity contribution is 5.86. The van der Waals surface area contributed by atoms with E-state index in [1.807, 2.05) is 35.8 Å². The monoisotopic (exact) mass is 615 g/mol. The number of methoxy groups -OCH3 is 1. The molecule has 0 spiro atoms. The molecule has 5 rings (SSSR count). The second kappa shape index (κ2) is 15.8. The molecule has 1 saturated heterocycles. The lowest BCUT2D eigenvalue weighted by Crippen LogP contribution is -2.36. The first-order valence-corrected chi connectivity index (χ1v) is 17.3. The van der Waals surface area contributed by atoms with E-state index in [9.17, 15) is 4.79 Å². The van der Waals surface area contributed by atoms with Crippen LogP contribution >= 0.6 is 0 Å². The Hall–Kier alpha value is -3.32. The van der Waals surface area contributed by atoms with Crippen molar-refractivity contribution in [1.29, 1.82) is 0 Å². The molecule has 0 atom stereocenters. The number of furan rings is 1. The van der Waals surface area contributed by atoms with E-state index in [0.717, 1.165) is 79.3 Å². The van der Waals surface area contributed by atoms with Crippen LogP contribution in [0.4, 0.5) is 0 Å². The predicted octanol–water partition coefficient (Wildman–Crippen LogP) is 8.76. The summed E-state index contributed by atoms with van der Waals surface area (Å²) in [5.41, 5.74) is 3.86. The van der Waals surface area contributed by atoms with Gasteiger partial charge in [0.15, 0.2) is 11.5 Å². The van der Waals surface area contributed by atoms with Gasteiger partial charge in [-0.2, -0.15) is 0 Å². The van der Waals surface area contributed by atoms with E-state index in [0.29, 0.717) is 29.4 Å². The molecule has 0 N–H and O–H groups in total. The number of ether oxygens (including phenoxy) is 2. The summed E-state index contributed by atoms with van der Waals surface area (Å²) in [6, 6.07) is 8.05. The van der Waals surface area contributed by atoms with Crippen molar-refractivity contribution in [3.63, 3.8) is 0 Å². The molecule has 45 heavy (non-hydrogen) atoms. The summed E-state index contributed by atoms with van der Waals surface area (Å²) >= 11 is 0. The fraction of sp³-hybridized carbons (Fsp3) is 0.579. The lowest BCUT2D eigenvalue weighted by Gasteiger charge is -2.30. The van der Waals surface area contributed by atoms with Crippen molar-refractivity contribution < 1.29 is 13.9 Å². The second-order valence-corrected chi connectivity index (χ2v) is 13.2. The zero-order chi connectivity index (χ0) is 31.8. The first-order valence-electron chi connectivity index (χ1n) is 17.3. The van der Waals surface area contributed by atoms with E-state index < -0.39 is 0 Å². The minimum atomic E-state index is -0.0257. The van der Waals surface area contributed by atoms with Gasteiger partial charge in [-0.25, -0.2) is 4.98 Å². The molecule has 0 unspecified atom stereocenters. The quantitative estimate of drug-likeness (QED) is 0.169. The standard InChI is InChI=1S/C38H53N3O4/c1-6-7-16-31(33-18-17-28(3)45-33)36-37(39-26-41(38(36)42)30-19-21-40(4)22-20-30)32-25-34(43-5)35(24-27(32)2)44-23-12-8-9-13-29-14-10-11-15-29/h16-18,24-26,29-30H,6-15,19-23H2,1-5H3/b31-16+. The van der Waals surface area contributed by atoms with Gasteiger partial charge in [0, 0.05) is 17.2 Å². The molecule has 2 fully saturated rings. The van der Waals surface area contributed by atoms with Crippen LogP contribution in [0.15, 0.2) is 45.9 Å². The van der Waals surface area contributed by atoms with E-state index in [4.69, 9.17) is 18.9 Å². The van der Waals surface area contributed by atoms with Crippen LogP contribution in [0.5, 0.6) is 11.5 Å². The smallest absolute Gasteiger partial charge is 0.262 e. The molecule has 2 aromatic heterocycles. The number of benzene rings is 1. The molecule has 0 bridgehead atoms. The van der Waals surface area contributed by atoms with Gasteiger partial charge in [-0.05, 0) is 95.4 Å². The summed E-state index contributed by atoms with van der Waals surface area (Å²) in [5, 5.41) is 0. The molecule has 7 nitrogen and oxygen atoms in total. The van der Waals surface area contributed by atoms with Crippen LogP contribution in [0.2, 0.25) is 0 Å². The van der Waals surface area contributed by atoms with Gasteiger partial charge in [-0.1, -0.05) is 64.4 Å². The van der Waals surface area contributed by atoms with Crippen LogP contribution in [0.3, 0.4) is 0 Å². The average Bonchev–Trinajstić information content (AvgIpc) is 3.72. The Balaban J connectivity index is 1.47. The third kappa shape index (κ3) is 8.10. The van der Waals surface area contributed by atoms with E-state index in [1.54, 1.807) is 13.4 Å². The molecule has 7 heteroatoms. The molecule has 1 aliphatic carbocycles. The zero-order valence-electron chi connectivity index (χ0n) is 28.2. The first kappa shape index (κ1) is 33.1. The predicted molar refractivity (Wildman–Crippen MR) is 182 cm³/mol. The van der Waals surface area contributed by atoms with Gasteiger partial charge in [-0.15, -0.1) is 0 Å². The highest BCUT2D eigenvalue weighted by Crippen LogP contribution is 2.39. The van der Waals surface area contributed by atoms with E-state index >= 15 is 0 Å². The number of unbranched alkanes of at least 4 members (excludes halogenated alkanes) is 3. The maximum Gasteiger partial charge on any atom is 0.262 e. The molecule has 3 aromatic rings. The maximum atomic E-state index is 14.5.